The van der Waals surface area contributed by atoms with Gasteiger partial charge in [-0.15, -0.1) is 11.3 Å². The molecule has 0 spiro atoms. The van der Waals surface area contributed by atoms with Crippen molar-refractivity contribution in [3.05, 3.63) is 24.3 Å². The summed E-state index contributed by atoms with van der Waals surface area (Å²) in [6.45, 7) is 12.7. The quantitative estimate of drug-likeness (QED) is 0.548. The van der Waals surface area contributed by atoms with E-state index in [4.69, 9.17) is 4.43 Å². The summed E-state index contributed by atoms with van der Waals surface area (Å²) in [5, 5.41) is 0.208. The molecule has 1 fully saturated rings. The van der Waals surface area contributed by atoms with Crippen LogP contribution in [0.1, 0.15) is 20.8 Å². The summed E-state index contributed by atoms with van der Waals surface area (Å²) in [7, 11) is -1.74. The molecule has 3 rings (SSSR count). The summed E-state index contributed by atoms with van der Waals surface area (Å²) >= 11 is 3.18. The van der Waals surface area contributed by atoms with E-state index < -0.39 is 8.32 Å². The van der Waals surface area contributed by atoms with Gasteiger partial charge in [0, 0.05) is 13.1 Å². The van der Waals surface area contributed by atoms with Crippen LogP contribution in [-0.2, 0) is 9.22 Å². The first kappa shape index (κ1) is 18.9. The van der Waals surface area contributed by atoms with Gasteiger partial charge >= 0.3 is 0 Å². The van der Waals surface area contributed by atoms with Gasteiger partial charge in [-0.3, -0.25) is 4.79 Å². The van der Waals surface area contributed by atoms with E-state index in [9.17, 15) is 4.79 Å². The lowest BCUT2D eigenvalue weighted by molar-refractivity contribution is -0.137. The largest absolute Gasteiger partial charge is 0.410 e. The fourth-order valence-electron chi connectivity index (χ4n) is 2.44. The third kappa shape index (κ3) is 4.27. The molecule has 0 N–H and O–H groups in total. The number of carbonyl (C=O) groups is 1. The van der Waals surface area contributed by atoms with Crippen LogP contribution in [0.4, 0.5) is 0 Å². The Bertz CT molecular complexity index is 731. The zero-order valence-electron chi connectivity index (χ0n) is 15.5. The Hall–Kier alpha value is -0.893. The van der Waals surface area contributed by atoms with Crippen molar-refractivity contribution in [3.8, 4) is 0 Å². The van der Waals surface area contributed by atoms with Gasteiger partial charge in [0.05, 0.1) is 22.1 Å². The summed E-state index contributed by atoms with van der Waals surface area (Å²) in [5.74, 6) is 0.631. The molecule has 25 heavy (non-hydrogen) atoms. The van der Waals surface area contributed by atoms with E-state index in [1.165, 1.54) is 16.5 Å². The number of thioether (sulfide) groups is 1. The SMILES string of the molecule is CC(C)(C)[Si](C)(C)OC1CN(C(=O)CSc2nc3ccccc3s2)C1. The van der Waals surface area contributed by atoms with Gasteiger partial charge in [0.1, 0.15) is 0 Å². The van der Waals surface area contributed by atoms with E-state index in [2.05, 4.69) is 44.9 Å². The molecule has 7 heteroatoms. The maximum absolute atomic E-state index is 12.4. The lowest BCUT2D eigenvalue weighted by Gasteiger charge is -2.46. The van der Waals surface area contributed by atoms with E-state index in [-0.39, 0.29) is 17.0 Å². The predicted molar refractivity (Wildman–Crippen MR) is 109 cm³/mol. The minimum absolute atomic E-state index is 0.180. The van der Waals surface area contributed by atoms with Crippen LogP contribution in [0.15, 0.2) is 28.6 Å². The van der Waals surface area contributed by atoms with Gasteiger partial charge < -0.3 is 9.33 Å². The maximum Gasteiger partial charge on any atom is 0.233 e. The van der Waals surface area contributed by atoms with Crippen LogP contribution in [0.2, 0.25) is 18.1 Å². The smallest absolute Gasteiger partial charge is 0.233 e. The Morgan fingerprint density at radius 3 is 2.68 bits per heavy atom. The summed E-state index contributed by atoms with van der Waals surface area (Å²) in [4.78, 5) is 18.8. The van der Waals surface area contributed by atoms with Crippen LogP contribution in [0.5, 0.6) is 0 Å². The zero-order chi connectivity index (χ0) is 18.2. The van der Waals surface area contributed by atoms with Crippen LogP contribution in [0, 0.1) is 0 Å². The number of likely N-dealkylation sites (tertiary alicyclic amines) is 1. The topological polar surface area (TPSA) is 42.4 Å². The van der Waals surface area contributed by atoms with Gasteiger partial charge in [-0.2, -0.15) is 0 Å². The Morgan fingerprint density at radius 2 is 2.04 bits per heavy atom. The molecular weight excluding hydrogens is 368 g/mol. The van der Waals surface area contributed by atoms with Crippen molar-refractivity contribution in [1.82, 2.24) is 9.88 Å². The molecule has 1 saturated heterocycles. The monoisotopic (exact) mass is 394 g/mol. The molecule has 1 aliphatic heterocycles. The standard InChI is InChI=1S/C18H26N2O2S2Si/c1-18(2,3)25(4,5)22-13-10-20(11-13)16(21)12-23-17-19-14-8-6-7-9-15(14)24-17/h6-9,13H,10-12H2,1-5H3. The number of hydrogen-bond donors (Lipinski definition) is 0. The number of fused-ring (bicyclic) bond motifs is 1. The van der Waals surface area contributed by atoms with Crippen LogP contribution in [0.25, 0.3) is 10.2 Å². The number of nitrogens with zero attached hydrogens (tertiary/aromatic N) is 2. The highest BCUT2D eigenvalue weighted by Crippen LogP contribution is 2.38. The molecule has 1 aromatic heterocycles. The average Bonchev–Trinajstić information content (AvgIpc) is 2.89. The molecule has 0 atom stereocenters. The van der Waals surface area contributed by atoms with E-state index >= 15 is 0 Å². The van der Waals surface area contributed by atoms with Crippen molar-refractivity contribution >= 4 is 47.5 Å². The van der Waals surface area contributed by atoms with Gasteiger partial charge in [-0.05, 0) is 30.3 Å². The van der Waals surface area contributed by atoms with Crippen LogP contribution in [-0.4, -0.2) is 49.1 Å². The number of carbonyl (C=O) groups excluding carboxylic acids is 1. The molecule has 136 valence electrons. The minimum atomic E-state index is -1.74. The second kappa shape index (κ2) is 7.02. The number of thiazole rings is 1. The Labute approximate surface area is 159 Å². The lowest BCUT2D eigenvalue weighted by atomic mass is 10.2. The molecule has 0 saturated carbocycles. The van der Waals surface area contributed by atoms with E-state index in [1.807, 2.05) is 23.1 Å². The molecule has 0 radical (unpaired) electrons. The molecule has 1 aromatic carbocycles. The lowest BCUT2D eigenvalue weighted by Crippen LogP contribution is -2.59. The molecule has 0 unspecified atom stereocenters. The average molecular weight is 395 g/mol. The third-order valence-corrected chi connectivity index (χ3v) is 11.8. The van der Waals surface area contributed by atoms with Gasteiger partial charge in [0.2, 0.25) is 5.91 Å². The highest BCUT2D eigenvalue weighted by molar-refractivity contribution is 8.01. The number of benzene rings is 1. The van der Waals surface area contributed by atoms with Crippen LogP contribution in [0.3, 0.4) is 0 Å². The first-order chi connectivity index (χ1) is 11.7. The number of para-hydroxylation sites is 1. The molecule has 2 heterocycles. The second-order valence-electron chi connectivity index (χ2n) is 8.04. The normalized spacial score (nSPS) is 16.3. The van der Waals surface area contributed by atoms with Crippen LogP contribution >= 0.6 is 23.1 Å². The van der Waals surface area contributed by atoms with Gasteiger partial charge in [0.25, 0.3) is 0 Å². The third-order valence-electron chi connectivity index (χ3n) is 5.06. The summed E-state index contributed by atoms with van der Waals surface area (Å²) in [6, 6.07) is 8.08. The van der Waals surface area contributed by atoms with Gasteiger partial charge in [-0.25, -0.2) is 4.98 Å². The van der Waals surface area contributed by atoms with Crippen molar-refractivity contribution in [2.75, 3.05) is 18.8 Å². The summed E-state index contributed by atoms with van der Waals surface area (Å²) in [5.41, 5.74) is 1.01. The molecule has 1 aliphatic rings. The Kier molecular flexibility index (Phi) is 5.30. The van der Waals surface area contributed by atoms with Crippen LogP contribution < -0.4 is 0 Å². The fraction of sp³-hybridized carbons (Fsp3) is 0.556. The molecule has 4 nitrogen and oxygen atoms in total. The molecule has 0 aliphatic carbocycles. The first-order valence-electron chi connectivity index (χ1n) is 8.60. The summed E-state index contributed by atoms with van der Waals surface area (Å²) in [6.07, 6.45) is 0.206. The number of aromatic nitrogens is 1. The Morgan fingerprint density at radius 1 is 1.36 bits per heavy atom. The molecule has 2 aromatic rings. The maximum atomic E-state index is 12.4. The van der Waals surface area contributed by atoms with E-state index in [0.29, 0.717) is 5.75 Å². The highest BCUT2D eigenvalue weighted by atomic mass is 32.2. The number of amides is 1. The zero-order valence-corrected chi connectivity index (χ0v) is 18.2. The highest BCUT2D eigenvalue weighted by Gasteiger charge is 2.42. The van der Waals surface area contributed by atoms with Gasteiger partial charge in [0.15, 0.2) is 12.7 Å². The van der Waals surface area contributed by atoms with Crippen molar-refractivity contribution in [2.24, 2.45) is 0 Å². The van der Waals surface area contributed by atoms with Gasteiger partial charge in [-0.1, -0.05) is 44.7 Å². The number of hydrogen-bond acceptors (Lipinski definition) is 5. The molecule has 1 amide bonds. The molecule has 0 bridgehead atoms. The Balaban J connectivity index is 1.46. The first-order valence-corrected chi connectivity index (χ1v) is 13.3. The van der Waals surface area contributed by atoms with Crippen molar-refractivity contribution < 1.29 is 9.22 Å². The van der Waals surface area contributed by atoms with Crippen molar-refractivity contribution in [3.63, 3.8) is 0 Å². The summed E-state index contributed by atoms with van der Waals surface area (Å²) < 4.78 is 8.48. The van der Waals surface area contributed by atoms with E-state index in [0.717, 1.165) is 22.9 Å². The number of rotatable bonds is 5. The fourth-order valence-corrected chi connectivity index (χ4v) is 5.74. The van der Waals surface area contributed by atoms with Crippen molar-refractivity contribution in [1.29, 1.82) is 0 Å². The van der Waals surface area contributed by atoms with E-state index in [1.54, 1.807) is 11.3 Å². The second-order valence-corrected chi connectivity index (χ2v) is 15.0. The predicted octanol–water partition coefficient (Wildman–Crippen LogP) is 4.62. The minimum Gasteiger partial charge on any atom is -0.410 e. The molecular formula is C18H26N2O2S2Si. The van der Waals surface area contributed by atoms with Crippen molar-refractivity contribution in [2.45, 2.75) is 49.3 Å².